The van der Waals surface area contributed by atoms with Crippen LogP contribution in [0.15, 0.2) is 42.7 Å². The van der Waals surface area contributed by atoms with E-state index in [9.17, 15) is 19.7 Å². The molecule has 1 heterocycles. The van der Waals surface area contributed by atoms with Crippen molar-refractivity contribution in [3.63, 3.8) is 0 Å². The fourth-order valence-electron chi connectivity index (χ4n) is 2.77. The number of aryl methyl sites for hydroxylation is 1. The number of rotatable bonds is 7. The SMILES string of the molecule is COc1cc(NC(=O)COC(=O)Cn2cnc3ccccc32)c(C)cc1[N+](=O)[O-]. The molecule has 3 rings (SSSR count). The number of imidazole rings is 1. The van der Waals surface area contributed by atoms with Crippen LogP contribution in [0.3, 0.4) is 0 Å². The number of aromatic nitrogens is 2. The lowest BCUT2D eigenvalue weighted by Crippen LogP contribution is -2.23. The smallest absolute Gasteiger partial charge is 0.326 e. The summed E-state index contributed by atoms with van der Waals surface area (Å²) in [4.78, 5) is 38.8. The molecule has 1 N–H and O–H groups in total. The van der Waals surface area contributed by atoms with Crippen LogP contribution in [0.25, 0.3) is 11.0 Å². The number of carbonyl (C=O) groups is 2. The molecule has 0 saturated heterocycles. The van der Waals surface area contributed by atoms with Crippen LogP contribution in [-0.2, 0) is 20.9 Å². The summed E-state index contributed by atoms with van der Waals surface area (Å²) in [5.41, 5.74) is 2.13. The fourth-order valence-corrected chi connectivity index (χ4v) is 2.77. The highest BCUT2D eigenvalue weighted by Crippen LogP contribution is 2.32. The van der Waals surface area contributed by atoms with Gasteiger partial charge in [-0.1, -0.05) is 12.1 Å². The highest BCUT2D eigenvalue weighted by atomic mass is 16.6. The average molecular weight is 398 g/mol. The zero-order valence-corrected chi connectivity index (χ0v) is 15.7. The number of ether oxygens (including phenoxy) is 2. The van der Waals surface area contributed by atoms with Gasteiger partial charge in [0.1, 0.15) is 6.54 Å². The Labute approximate surface area is 165 Å². The van der Waals surface area contributed by atoms with Crippen molar-refractivity contribution in [3.05, 3.63) is 58.4 Å². The van der Waals surface area contributed by atoms with E-state index in [-0.39, 0.29) is 18.0 Å². The van der Waals surface area contributed by atoms with Gasteiger partial charge in [-0.25, -0.2) is 4.98 Å². The number of nitrogens with one attached hydrogen (secondary N) is 1. The molecule has 3 aromatic rings. The number of carbonyl (C=O) groups excluding carboxylic acids is 2. The lowest BCUT2D eigenvalue weighted by atomic mass is 10.1. The molecule has 0 bridgehead atoms. The molecule has 0 aliphatic carbocycles. The molecular formula is C19H18N4O6. The van der Waals surface area contributed by atoms with Gasteiger partial charge in [0.05, 0.1) is 29.4 Å². The lowest BCUT2D eigenvalue weighted by molar-refractivity contribution is -0.385. The molecule has 0 saturated carbocycles. The Kier molecular flexibility index (Phi) is 5.72. The third-order valence-electron chi connectivity index (χ3n) is 4.19. The topological polar surface area (TPSA) is 126 Å². The van der Waals surface area contributed by atoms with E-state index in [1.807, 2.05) is 24.3 Å². The van der Waals surface area contributed by atoms with Crippen LogP contribution >= 0.6 is 0 Å². The first kappa shape index (κ1) is 19.8. The van der Waals surface area contributed by atoms with Crippen LogP contribution < -0.4 is 10.1 Å². The van der Waals surface area contributed by atoms with Crippen LogP contribution in [0.1, 0.15) is 5.56 Å². The zero-order valence-electron chi connectivity index (χ0n) is 15.7. The van der Waals surface area contributed by atoms with Crippen molar-refractivity contribution in [3.8, 4) is 5.75 Å². The summed E-state index contributed by atoms with van der Waals surface area (Å²) in [7, 11) is 1.30. The summed E-state index contributed by atoms with van der Waals surface area (Å²) < 4.78 is 11.6. The Balaban J connectivity index is 1.60. The Bertz CT molecular complexity index is 1090. The molecule has 1 aromatic heterocycles. The summed E-state index contributed by atoms with van der Waals surface area (Å²) >= 11 is 0. The number of para-hydroxylation sites is 2. The van der Waals surface area contributed by atoms with E-state index < -0.39 is 23.4 Å². The minimum atomic E-state index is -0.596. The van der Waals surface area contributed by atoms with Gasteiger partial charge in [0.15, 0.2) is 12.4 Å². The number of nitro benzene ring substituents is 1. The monoisotopic (exact) mass is 398 g/mol. The van der Waals surface area contributed by atoms with E-state index in [2.05, 4.69) is 10.3 Å². The van der Waals surface area contributed by atoms with Crippen LogP contribution in [-0.4, -0.2) is 40.1 Å². The van der Waals surface area contributed by atoms with E-state index in [0.29, 0.717) is 11.3 Å². The molecule has 10 nitrogen and oxygen atoms in total. The molecule has 10 heteroatoms. The second-order valence-electron chi connectivity index (χ2n) is 6.17. The molecule has 0 aliphatic rings. The third kappa shape index (κ3) is 4.49. The number of fused-ring (bicyclic) bond motifs is 1. The van der Waals surface area contributed by atoms with E-state index >= 15 is 0 Å². The average Bonchev–Trinajstić information content (AvgIpc) is 3.10. The predicted octanol–water partition coefficient (Wildman–Crippen LogP) is 2.44. The number of hydrogen-bond acceptors (Lipinski definition) is 7. The Morgan fingerprint density at radius 1 is 1.28 bits per heavy atom. The number of benzene rings is 2. The minimum absolute atomic E-state index is 0.0138. The molecular weight excluding hydrogens is 380 g/mol. The molecule has 0 fully saturated rings. The van der Waals surface area contributed by atoms with Gasteiger partial charge in [-0.05, 0) is 24.6 Å². The predicted molar refractivity (Wildman–Crippen MR) is 104 cm³/mol. The maximum absolute atomic E-state index is 12.1. The maximum Gasteiger partial charge on any atom is 0.326 e. The number of hydrogen-bond donors (Lipinski definition) is 1. The van der Waals surface area contributed by atoms with Gasteiger partial charge in [0.2, 0.25) is 0 Å². The van der Waals surface area contributed by atoms with E-state index in [1.165, 1.54) is 25.6 Å². The molecule has 150 valence electrons. The first-order valence-electron chi connectivity index (χ1n) is 8.57. The van der Waals surface area contributed by atoms with Crippen molar-refractivity contribution >= 4 is 34.3 Å². The van der Waals surface area contributed by atoms with Gasteiger partial charge in [0.25, 0.3) is 5.91 Å². The number of methoxy groups -OCH3 is 1. The minimum Gasteiger partial charge on any atom is -0.490 e. The number of esters is 1. The highest BCUT2D eigenvalue weighted by Gasteiger charge is 2.19. The van der Waals surface area contributed by atoms with Gasteiger partial charge in [-0.15, -0.1) is 0 Å². The molecule has 0 aliphatic heterocycles. The summed E-state index contributed by atoms with van der Waals surface area (Å²) in [6.07, 6.45) is 1.53. The molecule has 0 atom stereocenters. The molecule has 0 unspecified atom stereocenters. The number of nitro groups is 1. The summed E-state index contributed by atoms with van der Waals surface area (Å²) in [6, 6.07) is 9.98. The highest BCUT2D eigenvalue weighted by molar-refractivity contribution is 5.94. The van der Waals surface area contributed by atoms with Crippen molar-refractivity contribution in [2.24, 2.45) is 0 Å². The van der Waals surface area contributed by atoms with Crippen LogP contribution in [0.5, 0.6) is 5.75 Å². The Morgan fingerprint density at radius 2 is 2.03 bits per heavy atom. The quantitative estimate of drug-likeness (QED) is 0.368. The maximum atomic E-state index is 12.1. The second-order valence-corrected chi connectivity index (χ2v) is 6.17. The molecule has 0 spiro atoms. The molecule has 2 aromatic carbocycles. The summed E-state index contributed by atoms with van der Waals surface area (Å²) in [6.45, 7) is 1.03. The number of anilines is 1. The first-order valence-corrected chi connectivity index (χ1v) is 8.57. The molecule has 1 amide bonds. The van der Waals surface area contributed by atoms with E-state index in [0.717, 1.165) is 11.0 Å². The van der Waals surface area contributed by atoms with Gasteiger partial charge >= 0.3 is 11.7 Å². The molecule has 0 radical (unpaired) electrons. The fraction of sp³-hybridized carbons (Fsp3) is 0.211. The van der Waals surface area contributed by atoms with E-state index in [4.69, 9.17) is 9.47 Å². The van der Waals surface area contributed by atoms with Gasteiger partial charge in [0, 0.05) is 17.8 Å². The van der Waals surface area contributed by atoms with Crippen LogP contribution in [0.4, 0.5) is 11.4 Å². The van der Waals surface area contributed by atoms with Crippen LogP contribution in [0.2, 0.25) is 0 Å². The summed E-state index contributed by atoms with van der Waals surface area (Å²) in [5.74, 6) is -1.16. The number of amides is 1. The van der Waals surface area contributed by atoms with Crippen molar-refractivity contribution in [2.45, 2.75) is 13.5 Å². The van der Waals surface area contributed by atoms with Crippen molar-refractivity contribution in [2.75, 3.05) is 19.0 Å². The number of nitrogens with zero attached hydrogens (tertiary/aromatic N) is 3. The standard InChI is InChI=1S/C19H18N4O6/c1-12-7-16(23(26)27)17(28-2)8-14(12)21-18(24)10-29-19(25)9-22-11-20-13-5-3-4-6-15(13)22/h3-8,11H,9-10H2,1-2H3,(H,21,24). The molecule has 29 heavy (non-hydrogen) atoms. The summed E-state index contributed by atoms with van der Waals surface area (Å²) in [5, 5.41) is 13.6. The lowest BCUT2D eigenvalue weighted by Gasteiger charge is -2.11. The first-order chi connectivity index (χ1) is 13.9. The Hall–Kier alpha value is -3.95. The van der Waals surface area contributed by atoms with Crippen molar-refractivity contribution < 1.29 is 24.0 Å². The van der Waals surface area contributed by atoms with Crippen LogP contribution in [0, 0.1) is 17.0 Å². The largest absolute Gasteiger partial charge is 0.490 e. The van der Waals surface area contributed by atoms with Crippen molar-refractivity contribution in [1.29, 1.82) is 0 Å². The van der Waals surface area contributed by atoms with Crippen molar-refractivity contribution in [1.82, 2.24) is 9.55 Å². The normalized spacial score (nSPS) is 10.6. The third-order valence-corrected chi connectivity index (χ3v) is 4.19. The van der Waals surface area contributed by atoms with Gasteiger partial charge < -0.3 is 19.4 Å². The Morgan fingerprint density at radius 3 is 2.76 bits per heavy atom. The van der Waals surface area contributed by atoms with Gasteiger partial charge in [-0.2, -0.15) is 0 Å². The van der Waals surface area contributed by atoms with Gasteiger partial charge in [-0.3, -0.25) is 19.7 Å². The van der Waals surface area contributed by atoms with E-state index in [1.54, 1.807) is 11.5 Å². The second kappa shape index (κ2) is 8.38. The zero-order chi connectivity index (χ0) is 21.0.